The molecule has 0 N–H and O–H groups in total. The summed E-state index contributed by atoms with van der Waals surface area (Å²) in [4.78, 5) is 0. The molecule has 0 bridgehead atoms. The van der Waals surface area contributed by atoms with Crippen molar-refractivity contribution in [3.05, 3.63) is 52.2 Å². The standard InChI is InChI=1S/C24H38Si/c1-22(2,3)18-19(23(4,5)6)21(20(18)24(7,8)9)25(10,11)17-15-13-12-14-16-17/h12-16H,1-11H3. The molecule has 0 amide bonds. The van der Waals surface area contributed by atoms with Gasteiger partial charge in [0.1, 0.15) is 8.07 Å². The van der Waals surface area contributed by atoms with Crippen LogP contribution in [-0.4, -0.2) is 8.07 Å². The number of hydrogen-bond acceptors (Lipinski definition) is 0. The molecule has 0 aromatic heterocycles. The molecule has 1 aliphatic carbocycles. The zero-order chi connectivity index (χ0) is 19.4. The van der Waals surface area contributed by atoms with Crippen LogP contribution in [-0.2, 0) is 0 Å². The Hall–Kier alpha value is -1.08. The van der Waals surface area contributed by atoms with E-state index >= 15 is 0 Å². The van der Waals surface area contributed by atoms with E-state index < -0.39 is 8.07 Å². The van der Waals surface area contributed by atoms with Crippen LogP contribution in [0.25, 0.3) is 0 Å². The van der Waals surface area contributed by atoms with E-state index in [1.807, 2.05) is 0 Å². The summed E-state index contributed by atoms with van der Waals surface area (Å²) in [7, 11) is -1.74. The highest BCUT2D eigenvalue weighted by atomic mass is 28.3. The van der Waals surface area contributed by atoms with Crippen LogP contribution >= 0.6 is 0 Å². The highest BCUT2D eigenvalue weighted by Gasteiger charge is 2.49. The van der Waals surface area contributed by atoms with Gasteiger partial charge in [-0.2, -0.15) is 0 Å². The smallest absolute Gasteiger partial charge is 0.0626 e. The first kappa shape index (κ1) is 20.2. The van der Waals surface area contributed by atoms with Gasteiger partial charge in [0.05, 0.1) is 0 Å². The average Bonchev–Trinajstić information content (AvgIpc) is 2.32. The molecule has 0 heterocycles. The zero-order valence-electron chi connectivity index (χ0n) is 18.4. The Balaban J connectivity index is 2.79. The van der Waals surface area contributed by atoms with Crippen LogP contribution in [0.1, 0.15) is 62.3 Å². The molecule has 1 heteroatoms. The van der Waals surface area contributed by atoms with Crippen LogP contribution in [0.5, 0.6) is 0 Å². The van der Waals surface area contributed by atoms with Crippen LogP contribution in [0.15, 0.2) is 52.2 Å². The molecule has 0 aliphatic heterocycles. The molecule has 2 rings (SSSR count). The van der Waals surface area contributed by atoms with E-state index in [-0.39, 0.29) is 16.2 Å². The number of benzene rings is 1. The Morgan fingerprint density at radius 3 is 1.32 bits per heavy atom. The molecule has 1 aromatic rings. The van der Waals surface area contributed by atoms with Gasteiger partial charge in [-0.1, -0.05) is 111 Å². The van der Waals surface area contributed by atoms with Gasteiger partial charge in [-0.15, -0.1) is 0 Å². The van der Waals surface area contributed by atoms with Gasteiger partial charge in [-0.25, -0.2) is 0 Å². The Morgan fingerprint density at radius 1 is 0.560 bits per heavy atom. The largest absolute Gasteiger partial charge is 0.113 e. The van der Waals surface area contributed by atoms with Gasteiger partial charge in [-0.3, -0.25) is 0 Å². The summed E-state index contributed by atoms with van der Waals surface area (Å²) >= 11 is 0. The molecule has 138 valence electrons. The van der Waals surface area contributed by atoms with Gasteiger partial charge in [0.15, 0.2) is 0 Å². The molecule has 0 spiro atoms. The van der Waals surface area contributed by atoms with Crippen molar-refractivity contribution in [3.8, 4) is 0 Å². The monoisotopic (exact) mass is 354 g/mol. The molecular formula is C24H38Si. The van der Waals surface area contributed by atoms with Gasteiger partial charge >= 0.3 is 0 Å². The van der Waals surface area contributed by atoms with Crippen molar-refractivity contribution in [1.82, 2.24) is 0 Å². The van der Waals surface area contributed by atoms with Crippen molar-refractivity contribution < 1.29 is 0 Å². The molecule has 0 fully saturated rings. The predicted octanol–water partition coefficient (Wildman–Crippen LogP) is 6.89. The van der Waals surface area contributed by atoms with Crippen molar-refractivity contribution in [1.29, 1.82) is 0 Å². The predicted molar refractivity (Wildman–Crippen MR) is 116 cm³/mol. The SMILES string of the molecule is CC(C)(C)C1=C(C(C)(C)C)C([Si](C)(C)c2ccccc2)=C1C(C)(C)C. The molecule has 0 unspecified atom stereocenters. The summed E-state index contributed by atoms with van der Waals surface area (Å²) in [6.07, 6.45) is 0. The molecular weight excluding hydrogens is 316 g/mol. The third-order valence-electron chi connectivity index (χ3n) is 5.37. The Kier molecular flexibility index (Phi) is 4.84. The fraction of sp³-hybridized carbons (Fsp3) is 0.583. The molecule has 0 saturated carbocycles. The minimum absolute atomic E-state index is 0.186. The van der Waals surface area contributed by atoms with Gasteiger partial charge in [0.2, 0.25) is 0 Å². The fourth-order valence-electron chi connectivity index (χ4n) is 4.31. The van der Waals surface area contributed by atoms with Gasteiger partial charge < -0.3 is 0 Å². The average molecular weight is 355 g/mol. The Morgan fingerprint density at radius 2 is 0.960 bits per heavy atom. The van der Waals surface area contributed by atoms with Gasteiger partial charge in [0.25, 0.3) is 0 Å². The maximum Gasteiger partial charge on any atom is 0.113 e. The molecule has 1 aliphatic rings. The van der Waals surface area contributed by atoms with E-state index in [2.05, 4.69) is 106 Å². The highest BCUT2D eigenvalue weighted by Crippen LogP contribution is 2.58. The van der Waals surface area contributed by atoms with Crippen molar-refractivity contribution >= 4 is 13.3 Å². The summed E-state index contributed by atoms with van der Waals surface area (Å²) in [5.74, 6) is 0. The summed E-state index contributed by atoms with van der Waals surface area (Å²) in [6.45, 7) is 26.6. The molecule has 25 heavy (non-hydrogen) atoms. The topological polar surface area (TPSA) is 0 Å². The maximum atomic E-state index is 2.54. The Labute approximate surface area is 157 Å². The van der Waals surface area contributed by atoms with Crippen LogP contribution in [0.2, 0.25) is 13.1 Å². The molecule has 0 saturated heterocycles. The molecule has 0 nitrogen and oxygen atoms in total. The van der Waals surface area contributed by atoms with Gasteiger partial charge in [-0.05, 0) is 38.2 Å². The summed E-state index contributed by atoms with van der Waals surface area (Å²) in [5, 5.41) is 3.25. The van der Waals surface area contributed by atoms with Crippen LogP contribution in [0.3, 0.4) is 0 Å². The first-order valence-corrected chi connectivity index (χ1v) is 12.7. The number of hydrogen-bond donors (Lipinski definition) is 0. The minimum Gasteiger partial charge on any atom is -0.0626 e. The lowest BCUT2D eigenvalue weighted by Crippen LogP contribution is -2.51. The zero-order valence-corrected chi connectivity index (χ0v) is 19.4. The van der Waals surface area contributed by atoms with E-state index in [0.717, 1.165) is 0 Å². The van der Waals surface area contributed by atoms with E-state index in [1.54, 1.807) is 27.1 Å². The quantitative estimate of drug-likeness (QED) is 0.507. The third kappa shape index (κ3) is 3.58. The van der Waals surface area contributed by atoms with Crippen molar-refractivity contribution in [3.63, 3.8) is 0 Å². The van der Waals surface area contributed by atoms with E-state index in [4.69, 9.17) is 0 Å². The first-order chi connectivity index (χ1) is 11.1. The number of rotatable bonds is 2. The minimum atomic E-state index is -1.74. The second kappa shape index (κ2) is 5.98. The normalized spacial score (nSPS) is 17.1. The van der Waals surface area contributed by atoms with Crippen LogP contribution < -0.4 is 5.19 Å². The van der Waals surface area contributed by atoms with Crippen molar-refractivity contribution in [2.75, 3.05) is 0 Å². The van der Waals surface area contributed by atoms with Crippen LogP contribution in [0, 0.1) is 16.2 Å². The van der Waals surface area contributed by atoms with Crippen molar-refractivity contribution in [2.24, 2.45) is 16.2 Å². The Bertz CT molecular complexity index is 708. The molecule has 0 atom stereocenters. The second-order valence-electron chi connectivity index (χ2n) is 11.2. The van der Waals surface area contributed by atoms with E-state index in [9.17, 15) is 0 Å². The third-order valence-corrected chi connectivity index (χ3v) is 8.90. The lowest BCUT2D eigenvalue weighted by Gasteiger charge is -2.52. The highest BCUT2D eigenvalue weighted by molar-refractivity contribution is 6.96. The summed E-state index contributed by atoms with van der Waals surface area (Å²) in [6, 6.07) is 11.2. The lowest BCUT2D eigenvalue weighted by atomic mass is 9.60. The molecule has 1 aromatic carbocycles. The van der Waals surface area contributed by atoms with E-state index in [1.165, 1.54) is 0 Å². The first-order valence-electron chi connectivity index (χ1n) is 9.66. The summed E-state index contributed by atoms with van der Waals surface area (Å²) < 4.78 is 0. The number of allylic oxidation sites excluding steroid dienone is 4. The summed E-state index contributed by atoms with van der Waals surface area (Å²) in [5.41, 5.74) is 5.47. The van der Waals surface area contributed by atoms with E-state index in [0.29, 0.717) is 0 Å². The second-order valence-corrected chi connectivity index (χ2v) is 15.6. The molecule has 0 radical (unpaired) electrons. The lowest BCUT2D eigenvalue weighted by molar-refractivity contribution is 0.397. The fourth-order valence-corrected chi connectivity index (χ4v) is 7.88. The maximum absolute atomic E-state index is 2.54. The van der Waals surface area contributed by atoms with Crippen LogP contribution in [0.4, 0.5) is 0 Å². The van der Waals surface area contributed by atoms with Gasteiger partial charge in [0, 0.05) is 0 Å². The van der Waals surface area contributed by atoms with Crippen molar-refractivity contribution in [2.45, 2.75) is 75.4 Å².